The van der Waals surface area contributed by atoms with E-state index in [1.165, 1.54) is 28.4 Å². The number of H-pyrrole nitrogens is 1. The van der Waals surface area contributed by atoms with E-state index in [0.717, 1.165) is 0 Å². The summed E-state index contributed by atoms with van der Waals surface area (Å²) in [6, 6.07) is -1.12. The van der Waals surface area contributed by atoms with Crippen LogP contribution in [0.4, 0.5) is 29.3 Å². The highest BCUT2D eigenvalue weighted by Gasteiger charge is 2.46. The Kier molecular flexibility index (Phi) is 8.25. The van der Waals surface area contributed by atoms with Crippen molar-refractivity contribution in [3.63, 3.8) is 0 Å². The first-order chi connectivity index (χ1) is 16.5. The molecule has 35 heavy (non-hydrogen) atoms. The Balaban J connectivity index is 0.000000420. The number of carbonyl (C=O) groups is 1. The van der Waals surface area contributed by atoms with E-state index in [4.69, 9.17) is 4.74 Å². The van der Waals surface area contributed by atoms with Gasteiger partial charge in [0.2, 0.25) is 11.8 Å². The fourth-order valence-corrected chi connectivity index (χ4v) is 3.82. The Morgan fingerprint density at radius 2 is 2.03 bits per heavy atom. The van der Waals surface area contributed by atoms with Crippen LogP contribution < -0.4 is 20.9 Å². The summed E-state index contributed by atoms with van der Waals surface area (Å²) in [4.78, 5) is 47.6. The average Bonchev–Trinajstić information content (AvgIpc) is 2.82. The molecule has 10 nitrogen and oxygen atoms in total. The summed E-state index contributed by atoms with van der Waals surface area (Å²) in [7, 11) is 0. The molecule has 0 spiro atoms. The Morgan fingerprint density at radius 1 is 1.29 bits per heavy atom. The fraction of sp³-hybridized carbons (Fsp3) is 0.571. The van der Waals surface area contributed by atoms with Crippen LogP contribution in [0.2, 0.25) is 0 Å². The van der Waals surface area contributed by atoms with Crippen molar-refractivity contribution in [2.45, 2.75) is 44.9 Å². The van der Waals surface area contributed by atoms with E-state index in [0.29, 0.717) is 4.57 Å². The van der Waals surface area contributed by atoms with Crippen molar-refractivity contribution in [3.8, 4) is 0 Å². The van der Waals surface area contributed by atoms with Gasteiger partial charge in [-0.15, -0.1) is 0 Å². The molecule has 2 aromatic heterocycles. The Labute approximate surface area is 197 Å². The van der Waals surface area contributed by atoms with Crippen LogP contribution in [0.15, 0.2) is 28.2 Å². The van der Waals surface area contributed by atoms with Gasteiger partial charge < -0.3 is 19.5 Å². The van der Waals surface area contributed by atoms with E-state index in [9.17, 15) is 31.9 Å². The topological polar surface area (TPSA) is 113 Å². The molecule has 1 saturated heterocycles. The highest BCUT2D eigenvalue weighted by atomic mass is 19.4. The number of anilines is 2. The van der Waals surface area contributed by atoms with Crippen molar-refractivity contribution in [2.75, 3.05) is 42.6 Å². The molecule has 4 heterocycles. The number of halogens is 4. The molecular weight excluding hydrogens is 476 g/mol. The number of carbonyl (C=O) groups excluding carboxylic acids is 1. The number of ketones is 1. The maximum absolute atomic E-state index is 14.8. The molecule has 1 fully saturated rings. The molecule has 0 aliphatic carbocycles. The van der Waals surface area contributed by atoms with Gasteiger partial charge in [0.05, 0.1) is 32.1 Å². The van der Waals surface area contributed by atoms with E-state index in [2.05, 4.69) is 15.0 Å². The Hall–Kier alpha value is -3.29. The summed E-state index contributed by atoms with van der Waals surface area (Å²) in [6.45, 7) is 3.91. The molecule has 4 rings (SSSR count). The zero-order valence-corrected chi connectivity index (χ0v) is 19.2. The first-order valence-corrected chi connectivity index (χ1v) is 11.0. The van der Waals surface area contributed by atoms with Crippen LogP contribution >= 0.6 is 0 Å². The SMILES string of the molecule is CCC(=O)CN1CC[C@H](C(F)(F)F)n2c1nc(N1CCOC[C@H]1C)c(F)c2=O.O=c1ccnc[nH]1. The van der Waals surface area contributed by atoms with Gasteiger partial charge in [-0.2, -0.15) is 22.5 Å². The number of hydrogen-bond acceptors (Lipinski definition) is 8. The first-order valence-electron chi connectivity index (χ1n) is 11.0. The van der Waals surface area contributed by atoms with Gasteiger partial charge in [-0.25, -0.2) is 4.98 Å². The lowest BCUT2D eigenvalue weighted by molar-refractivity contribution is -0.171. The third kappa shape index (κ3) is 6.05. The highest BCUT2D eigenvalue weighted by Crippen LogP contribution is 2.38. The summed E-state index contributed by atoms with van der Waals surface area (Å²) in [5, 5.41) is 0. The molecule has 14 heteroatoms. The number of aromatic amines is 1. The van der Waals surface area contributed by atoms with Crippen molar-refractivity contribution in [2.24, 2.45) is 0 Å². The highest BCUT2D eigenvalue weighted by molar-refractivity contribution is 5.82. The second kappa shape index (κ2) is 11.0. The van der Waals surface area contributed by atoms with Gasteiger partial charge in [-0.05, 0) is 13.3 Å². The molecule has 0 amide bonds. The number of Topliss-reactive ketones (excluding diaryl/α,β-unsaturated/α-hetero) is 1. The molecule has 192 valence electrons. The Bertz CT molecular complexity index is 1130. The van der Waals surface area contributed by atoms with Crippen LogP contribution in [0.5, 0.6) is 0 Å². The minimum absolute atomic E-state index is 0.105. The van der Waals surface area contributed by atoms with Gasteiger partial charge >= 0.3 is 6.18 Å². The van der Waals surface area contributed by atoms with E-state index in [-0.39, 0.29) is 68.4 Å². The summed E-state index contributed by atoms with van der Waals surface area (Å²) < 4.78 is 60.9. The molecule has 0 bridgehead atoms. The summed E-state index contributed by atoms with van der Waals surface area (Å²) >= 11 is 0. The van der Waals surface area contributed by atoms with Crippen LogP contribution in [0, 0.1) is 5.82 Å². The molecule has 2 aliphatic heterocycles. The number of hydrogen-bond donors (Lipinski definition) is 1. The molecular formula is C21H26F4N6O4. The van der Waals surface area contributed by atoms with Gasteiger partial charge in [-0.1, -0.05) is 6.92 Å². The van der Waals surface area contributed by atoms with Crippen molar-refractivity contribution < 1.29 is 27.1 Å². The minimum Gasteiger partial charge on any atom is -0.377 e. The quantitative estimate of drug-likeness (QED) is 0.629. The Morgan fingerprint density at radius 3 is 2.57 bits per heavy atom. The number of nitrogens with zero attached hydrogens (tertiary/aromatic N) is 5. The maximum Gasteiger partial charge on any atom is 0.409 e. The third-order valence-corrected chi connectivity index (χ3v) is 5.66. The van der Waals surface area contributed by atoms with Gasteiger partial charge in [0.15, 0.2) is 11.6 Å². The van der Waals surface area contributed by atoms with Crippen LogP contribution in [0.1, 0.15) is 32.7 Å². The molecule has 0 radical (unpaired) electrons. The lowest BCUT2D eigenvalue weighted by Gasteiger charge is -2.38. The lowest BCUT2D eigenvalue weighted by Crippen LogP contribution is -2.50. The smallest absolute Gasteiger partial charge is 0.377 e. The van der Waals surface area contributed by atoms with Crippen molar-refractivity contribution >= 4 is 17.5 Å². The van der Waals surface area contributed by atoms with Crippen molar-refractivity contribution in [1.29, 1.82) is 0 Å². The predicted molar refractivity (Wildman–Crippen MR) is 118 cm³/mol. The summed E-state index contributed by atoms with van der Waals surface area (Å²) in [6.07, 6.45) is -2.21. The van der Waals surface area contributed by atoms with Crippen LogP contribution in [-0.2, 0) is 9.53 Å². The van der Waals surface area contributed by atoms with Crippen molar-refractivity contribution in [1.82, 2.24) is 19.5 Å². The number of nitrogens with one attached hydrogen (secondary N) is 1. The van der Waals surface area contributed by atoms with Gasteiger partial charge in [0, 0.05) is 31.8 Å². The molecule has 2 aromatic rings. The minimum atomic E-state index is -4.73. The van der Waals surface area contributed by atoms with Gasteiger partial charge in [-0.3, -0.25) is 19.0 Å². The number of fused-ring (bicyclic) bond motifs is 1. The maximum atomic E-state index is 14.8. The standard InChI is InChI=1S/C17H22F4N4O3.C4H4N2O/c1-3-11(26)8-23-5-4-12(17(19,20)21)25-15(27)13(18)14(22-16(23)25)24-6-7-28-9-10(24)2;7-4-1-2-5-3-6-4/h10,12H,3-9H2,1-2H3;1-3H,(H,5,6,7)/t10-,12-;/m1./s1. The number of morpholine rings is 1. The number of rotatable bonds is 4. The lowest BCUT2D eigenvalue weighted by atomic mass is 10.1. The van der Waals surface area contributed by atoms with Crippen LogP contribution in [0.25, 0.3) is 0 Å². The summed E-state index contributed by atoms with van der Waals surface area (Å²) in [5.74, 6) is -2.16. The molecule has 2 aliphatic rings. The van der Waals surface area contributed by atoms with Crippen LogP contribution in [0.3, 0.4) is 0 Å². The predicted octanol–water partition coefficient (Wildman–Crippen LogP) is 1.67. The molecule has 1 N–H and O–H groups in total. The van der Waals surface area contributed by atoms with E-state index < -0.39 is 30.0 Å². The molecule has 0 unspecified atom stereocenters. The third-order valence-electron chi connectivity index (χ3n) is 5.66. The summed E-state index contributed by atoms with van der Waals surface area (Å²) in [5.41, 5.74) is -1.50. The zero-order chi connectivity index (χ0) is 25.8. The number of alkyl halides is 3. The fourth-order valence-electron chi connectivity index (χ4n) is 3.82. The van der Waals surface area contributed by atoms with E-state index in [1.807, 2.05) is 0 Å². The van der Waals surface area contributed by atoms with E-state index >= 15 is 0 Å². The molecule has 0 saturated carbocycles. The second-order valence-electron chi connectivity index (χ2n) is 8.10. The van der Waals surface area contributed by atoms with E-state index in [1.54, 1.807) is 13.8 Å². The molecule has 0 aromatic carbocycles. The zero-order valence-electron chi connectivity index (χ0n) is 19.2. The first kappa shape index (κ1) is 26.3. The van der Waals surface area contributed by atoms with Crippen molar-refractivity contribution in [3.05, 3.63) is 45.1 Å². The average molecular weight is 502 g/mol. The normalized spacial score (nSPS) is 20.1. The largest absolute Gasteiger partial charge is 0.409 e. The monoisotopic (exact) mass is 502 g/mol. The second-order valence-corrected chi connectivity index (χ2v) is 8.10. The number of aromatic nitrogens is 4. The molecule has 2 atom stereocenters. The van der Waals surface area contributed by atoms with Gasteiger partial charge in [0.25, 0.3) is 11.1 Å². The van der Waals surface area contributed by atoms with Gasteiger partial charge in [0.1, 0.15) is 6.04 Å². The van der Waals surface area contributed by atoms with Crippen LogP contribution in [-0.4, -0.2) is 70.4 Å². The number of ether oxygens (including phenoxy) is 1.